The molecule has 0 bridgehead atoms. The molecule has 0 radical (unpaired) electrons. The molecular weight excluding hydrogens is 449 g/mol. The quantitative estimate of drug-likeness (QED) is 0.323. The third-order valence-electron chi connectivity index (χ3n) is 4.74. The lowest BCUT2D eigenvalue weighted by Crippen LogP contribution is -2.04. The van der Waals surface area contributed by atoms with Gasteiger partial charge in [0, 0.05) is 11.8 Å². The number of aromatic nitrogens is 7. The number of aliphatic hydroxyl groups is 2. The smallest absolute Gasteiger partial charge is 0.317 e. The SMILES string of the molecule is Cc1nc(COc2nccc(C(O)O)n2)sc1-c1cccc(-c2cc(F)c3n[nH]nc3c2)n1. The Morgan fingerprint density at radius 1 is 1.09 bits per heavy atom. The van der Waals surface area contributed by atoms with E-state index in [1.165, 1.54) is 29.7 Å². The third kappa shape index (κ3) is 4.26. The molecule has 0 aliphatic rings. The molecule has 0 unspecified atom stereocenters. The number of rotatable bonds is 6. The van der Waals surface area contributed by atoms with E-state index >= 15 is 0 Å². The van der Waals surface area contributed by atoms with Gasteiger partial charge in [0.15, 0.2) is 12.1 Å². The van der Waals surface area contributed by atoms with Crippen molar-refractivity contribution in [1.29, 1.82) is 0 Å². The van der Waals surface area contributed by atoms with Crippen molar-refractivity contribution in [3.8, 4) is 27.8 Å². The normalized spacial score (nSPS) is 11.4. The van der Waals surface area contributed by atoms with Crippen molar-refractivity contribution in [2.45, 2.75) is 19.8 Å². The van der Waals surface area contributed by atoms with Gasteiger partial charge in [-0.3, -0.25) is 0 Å². The highest BCUT2D eigenvalue weighted by Crippen LogP contribution is 2.31. The Morgan fingerprint density at radius 3 is 2.79 bits per heavy atom. The molecule has 3 N–H and O–H groups in total. The van der Waals surface area contributed by atoms with Crippen LogP contribution in [0.2, 0.25) is 0 Å². The van der Waals surface area contributed by atoms with Gasteiger partial charge in [-0.25, -0.2) is 19.3 Å². The number of pyridine rings is 1. The molecule has 0 amide bonds. The summed E-state index contributed by atoms with van der Waals surface area (Å²) in [6.45, 7) is 1.97. The maximum absolute atomic E-state index is 14.3. The van der Waals surface area contributed by atoms with Crippen molar-refractivity contribution in [3.63, 3.8) is 0 Å². The molecule has 4 heterocycles. The van der Waals surface area contributed by atoms with Crippen molar-refractivity contribution in [1.82, 2.24) is 35.3 Å². The van der Waals surface area contributed by atoms with Crippen LogP contribution in [0, 0.1) is 12.7 Å². The molecule has 5 aromatic rings. The molecular formula is C21H16FN7O3S. The van der Waals surface area contributed by atoms with Crippen molar-refractivity contribution < 1.29 is 19.3 Å². The van der Waals surface area contributed by atoms with E-state index in [1.54, 1.807) is 12.1 Å². The fourth-order valence-corrected chi connectivity index (χ4v) is 4.17. The molecule has 166 valence electrons. The molecule has 12 heteroatoms. The number of aryl methyl sites for hydroxylation is 1. The summed E-state index contributed by atoms with van der Waals surface area (Å²) in [5.74, 6) is -0.475. The second-order valence-electron chi connectivity index (χ2n) is 7.01. The van der Waals surface area contributed by atoms with E-state index in [0.29, 0.717) is 27.5 Å². The molecule has 0 spiro atoms. The Morgan fingerprint density at radius 2 is 1.94 bits per heavy atom. The first-order chi connectivity index (χ1) is 16.0. The highest BCUT2D eigenvalue weighted by molar-refractivity contribution is 7.15. The summed E-state index contributed by atoms with van der Waals surface area (Å²) in [6, 6.07) is 10.0. The average Bonchev–Trinajstić information content (AvgIpc) is 3.44. The van der Waals surface area contributed by atoms with Gasteiger partial charge in [-0.05, 0) is 37.3 Å². The van der Waals surface area contributed by atoms with Crippen LogP contribution in [0.15, 0.2) is 42.6 Å². The lowest BCUT2D eigenvalue weighted by atomic mass is 10.1. The van der Waals surface area contributed by atoms with Crippen LogP contribution in [0.1, 0.15) is 22.7 Å². The number of H-pyrrole nitrogens is 1. The summed E-state index contributed by atoms with van der Waals surface area (Å²) in [5.41, 5.74) is 3.28. The monoisotopic (exact) mass is 465 g/mol. The zero-order valence-corrected chi connectivity index (χ0v) is 17.9. The lowest BCUT2D eigenvalue weighted by Gasteiger charge is -2.05. The standard InChI is InChI=1S/C21H16FN7O3S/c1-10-19(33-17(24-10)9-32-21-23-6-5-15(26-21)20(30)31)14-4-2-3-13(25-14)11-7-12(22)18-16(8-11)27-29-28-18/h2-8,20,30-31H,9H2,1H3,(H,27,28,29). The Balaban J connectivity index is 1.39. The minimum atomic E-state index is -1.71. The summed E-state index contributed by atoms with van der Waals surface area (Å²) < 4.78 is 19.9. The first-order valence-electron chi connectivity index (χ1n) is 9.74. The van der Waals surface area contributed by atoms with Gasteiger partial charge in [0.2, 0.25) is 0 Å². The topological polar surface area (TPSA) is 143 Å². The van der Waals surface area contributed by atoms with Crippen molar-refractivity contribution in [2.24, 2.45) is 0 Å². The van der Waals surface area contributed by atoms with Gasteiger partial charge in [0.25, 0.3) is 0 Å². The number of thiazole rings is 1. The van der Waals surface area contributed by atoms with Crippen molar-refractivity contribution in [2.75, 3.05) is 0 Å². The van der Waals surface area contributed by atoms with Gasteiger partial charge < -0.3 is 14.9 Å². The highest BCUT2D eigenvalue weighted by Gasteiger charge is 2.15. The van der Waals surface area contributed by atoms with Crippen LogP contribution in [0.3, 0.4) is 0 Å². The molecule has 0 atom stereocenters. The maximum Gasteiger partial charge on any atom is 0.317 e. The summed E-state index contributed by atoms with van der Waals surface area (Å²) in [7, 11) is 0. The number of aliphatic hydroxyl groups excluding tert-OH is 1. The van der Waals surface area contributed by atoms with E-state index < -0.39 is 12.1 Å². The van der Waals surface area contributed by atoms with Crippen LogP contribution in [-0.4, -0.2) is 45.6 Å². The molecule has 0 fully saturated rings. The summed E-state index contributed by atoms with van der Waals surface area (Å²) in [6.07, 6.45) is -0.328. The molecule has 33 heavy (non-hydrogen) atoms. The molecule has 0 saturated carbocycles. The Hall–Kier alpha value is -3.87. The fraction of sp³-hybridized carbons (Fsp3) is 0.143. The van der Waals surface area contributed by atoms with E-state index in [1.807, 2.05) is 19.1 Å². The molecule has 5 rings (SSSR count). The third-order valence-corrected chi connectivity index (χ3v) is 5.89. The summed E-state index contributed by atoms with van der Waals surface area (Å²) in [5, 5.41) is 29.3. The number of fused-ring (bicyclic) bond motifs is 1. The number of ether oxygens (including phenoxy) is 1. The van der Waals surface area contributed by atoms with Crippen LogP contribution >= 0.6 is 11.3 Å². The van der Waals surface area contributed by atoms with E-state index in [2.05, 4.69) is 30.4 Å². The maximum atomic E-state index is 14.3. The number of hydrogen-bond acceptors (Lipinski definition) is 10. The number of hydrogen-bond donors (Lipinski definition) is 3. The first-order valence-corrected chi connectivity index (χ1v) is 10.6. The summed E-state index contributed by atoms with van der Waals surface area (Å²) in [4.78, 5) is 18.0. The van der Waals surface area contributed by atoms with Crippen LogP contribution < -0.4 is 4.74 Å². The average molecular weight is 465 g/mol. The second kappa shape index (κ2) is 8.58. The fourth-order valence-electron chi connectivity index (χ4n) is 3.22. The number of benzene rings is 1. The van der Waals surface area contributed by atoms with Gasteiger partial charge in [-0.1, -0.05) is 6.07 Å². The second-order valence-corrected chi connectivity index (χ2v) is 8.09. The van der Waals surface area contributed by atoms with Crippen LogP contribution in [0.4, 0.5) is 4.39 Å². The van der Waals surface area contributed by atoms with Crippen molar-refractivity contribution in [3.05, 3.63) is 64.8 Å². The van der Waals surface area contributed by atoms with E-state index in [9.17, 15) is 14.6 Å². The number of nitrogens with zero attached hydrogens (tertiary/aromatic N) is 6. The zero-order chi connectivity index (χ0) is 22.9. The van der Waals surface area contributed by atoms with E-state index in [-0.39, 0.29) is 23.8 Å². The lowest BCUT2D eigenvalue weighted by molar-refractivity contribution is -0.0463. The van der Waals surface area contributed by atoms with E-state index in [0.717, 1.165) is 10.6 Å². The highest BCUT2D eigenvalue weighted by atomic mass is 32.1. The number of halogens is 1. The predicted molar refractivity (Wildman–Crippen MR) is 116 cm³/mol. The van der Waals surface area contributed by atoms with Gasteiger partial charge in [0.1, 0.15) is 28.3 Å². The molecule has 0 aliphatic heterocycles. The zero-order valence-electron chi connectivity index (χ0n) is 17.1. The van der Waals surface area contributed by atoms with Crippen LogP contribution in [0.5, 0.6) is 6.01 Å². The number of aromatic amines is 1. The molecule has 0 aliphatic carbocycles. The van der Waals surface area contributed by atoms with Gasteiger partial charge in [0.05, 0.1) is 22.0 Å². The molecule has 10 nitrogen and oxygen atoms in total. The largest absolute Gasteiger partial charge is 0.456 e. The Labute approximate surface area is 189 Å². The van der Waals surface area contributed by atoms with Gasteiger partial charge in [-0.2, -0.15) is 20.4 Å². The van der Waals surface area contributed by atoms with Crippen LogP contribution in [0.25, 0.3) is 32.9 Å². The van der Waals surface area contributed by atoms with E-state index in [4.69, 9.17) is 9.72 Å². The van der Waals surface area contributed by atoms with Gasteiger partial charge >= 0.3 is 6.01 Å². The first kappa shape index (κ1) is 21.0. The molecule has 1 aromatic carbocycles. The van der Waals surface area contributed by atoms with Gasteiger partial charge in [-0.15, -0.1) is 11.3 Å². The van der Waals surface area contributed by atoms with Crippen LogP contribution in [-0.2, 0) is 6.61 Å². The minimum absolute atomic E-state index is 0.0143. The Kier molecular flexibility index (Phi) is 5.46. The molecule has 4 aromatic heterocycles. The van der Waals surface area contributed by atoms with Crippen molar-refractivity contribution >= 4 is 22.4 Å². The molecule has 0 saturated heterocycles. The number of nitrogens with one attached hydrogen (secondary N) is 1. The Bertz CT molecular complexity index is 1450. The summed E-state index contributed by atoms with van der Waals surface area (Å²) >= 11 is 1.40. The minimum Gasteiger partial charge on any atom is -0.456 e. The predicted octanol–water partition coefficient (Wildman–Crippen LogP) is 2.94.